The van der Waals surface area contributed by atoms with Crippen molar-refractivity contribution in [1.29, 1.82) is 0 Å². The molecule has 0 aromatic carbocycles. The largest absolute Gasteiger partial charge is 0.377 e. The number of hydrogen-bond acceptors (Lipinski definition) is 3. The minimum atomic E-state index is -0.398. The van der Waals surface area contributed by atoms with E-state index in [1.807, 2.05) is 26.2 Å². The van der Waals surface area contributed by atoms with E-state index in [2.05, 4.69) is 0 Å². The van der Waals surface area contributed by atoms with Crippen LogP contribution in [0.2, 0.25) is 0 Å². The summed E-state index contributed by atoms with van der Waals surface area (Å²) in [6.07, 6.45) is -0.398. The average molecular weight is 118 g/mol. The lowest BCUT2D eigenvalue weighted by Crippen LogP contribution is -2.39. The van der Waals surface area contributed by atoms with Crippen molar-refractivity contribution in [1.82, 2.24) is 10.0 Å². The third-order valence-corrected chi connectivity index (χ3v) is 1.17. The highest BCUT2D eigenvalue weighted by atomic mass is 16.3. The third-order valence-electron chi connectivity index (χ3n) is 1.17. The van der Waals surface area contributed by atoms with Crippen molar-refractivity contribution in [2.24, 2.45) is 0 Å². The molecule has 3 heteroatoms. The van der Waals surface area contributed by atoms with Crippen LogP contribution in [-0.4, -0.2) is 42.5 Å². The van der Waals surface area contributed by atoms with Crippen LogP contribution < -0.4 is 0 Å². The molecule has 0 fully saturated rings. The Balaban J connectivity index is 3.46. The molecular weight excluding hydrogens is 104 g/mol. The van der Waals surface area contributed by atoms with E-state index < -0.39 is 6.23 Å². The highest BCUT2D eigenvalue weighted by Crippen LogP contribution is 1.90. The lowest BCUT2D eigenvalue weighted by molar-refractivity contribution is -0.0841. The molecule has 0 saturated carbocycles. The number of hydrazine groups is 1. The maximum Gasteiger partial charge on any atom is 0.116 e. The summed E-state index contributed by atoms with van der Waals surface area (Å²) >= 11 is 0. The van der Waals surface area contributed by atoms with Crippen LogP contribution in [0, 0.1) is 0 Å². The van der Waals surface area contributed by atoms with Gasteiger partial charge in [-0.1, -0.05) is 0 Å². The summed E-state index contributed by atoms with van der Waals surface area (Å²) in [5, 5.41) is 12.4. The summed E-state index contributed by atoms with van der Waals surface area (Å²) < 4.78 is 0. The average Bonchev–Trinajstić information content (AvgIpc) is 1.64. The fourth-order valence-corrected chi connectivity index (χ4v) is 0.334. The number of aliphatic hydroxyl groups is 1. The number of hydrogen-bond donors (Lipinski definition) is 1. The van der Waals surface area contributed by atoms with Crippen LogP contribution in [0.5, 0.6) is 0 Å². The van der Waals surface area contributed by atoms with Crippen molar-refractivity contribution < 1.29 is 5.11 Å². The first-order chi connectivity index (χ1) is 3.55. The molecule has 0 spiro atoms. The first kappa shape index (κ1) is 7.88. The van der Waals surface area contributed by atoms with Crippen molar-refractivity contribution >= 4 is 0 Å². The monoisotopic (exact) mass is 118 g/mol. The molecule has 3 nitrogen and oxygen atoms in total. The summed E-state index contributed by atoms with van der Waals surface area (Å²) in [7, 11) is 5.59. The van der Waals surface area contributed by atoms with Gasteiger partial charge in [-0.2, -0.15) is 0 Å². The van der Waals surface area contributed by atoms with Crippen LogP contribution in [0.25, 0.3) is 0 Å². The Morgan fingerprint density at radius 2 is 1.62 bits per heavy atom. The van der Waals surface area contributed by atoms with Gasteiger partial charge in [-0.05, 0) is 6.92 Å². The molecule has 0 aliphatic carbocycles. The second kappa shape index (κ2) is 3.02. The van der Waals surface area contributed by atoms with Crippen molar-refractivity contribution in [3.63, 3.8) is 0 Å². The molecule has 50 valence electrons. The molecule has 8 heavy (non-hydrogen) atoms. The van der Waals surface area contributed by atoms with Gasteiger partial charge < -0.3 is 5.11 Å². The Hall–Kier alpha value is -0.120. The molecular formula is C5H14N2O. The molecule has 0 rings (SSSR count). The maximum atomic E-state index is 8.88. The molecule has 0 radical (unpaired) electrons. The normalized spacial score (nSPS) is 15.4. The topological polar surface area (TPSA) is 26.7 Å². The molecule has 0 aliphatic heterocycles. The molecule has 0 bridgehead atoms. The van der Waals surface area contributed by atoms with Gasteiger partial charge in [0.25, 0.3) is 0 Å². The lowest BCUT2D eigenvalue weighted by Gasteiger charge is -2.26. The molecule has 1 N–H and O–H groups in total. The van der Waals surface area contributed by atoms with Gasteiger partial charge in [0.05, 0.1) is 0 Å². The first-order valence-electron chi connectivity index (χ1n) is 2.64. The van der Waals surface area contributed by atoms with Gasteiger partial charge in [0.15, 0.2) is 0 Å². The van der Waals surface area contributed by atoms with Gasteiger partial charge in [-0.3, -0.25) is 0 Å². The zero-order valence-corrected chi connectivity index (χ0v) is 5.92. The molecule has 0 aromatic rings. The van der Waals surface area contributed by atoms with Crippen LogP contribution in [-0.2, 0) is 0 Å². The number of rotatable bonds is 2. The molecule has 1 atom stereocenters. The Morgan fingerprint density at radius 1 is 1.25 bits per heavy atom. The van der Waals surface area contributed by atoms with Crippen LogP contribution >= 0.6 is 0 Å². The quantitative estimate of drug-likeness (QED) is 0.399. The van der Waals surface area contributed by atoms with Gasteiger partial charge in [-0.15, -0.1) is 0 Å². The number of nitrogens with zero attached hydrogens (tertiary/aromatic N) is 2. The van der Waals surface area contributed by atoms with E-state index in [4.69, 9.17) is 5.11 Å². The minimum absolute atomic E-state index is 0.398. The summed E-state index contributed by atoms with van der Waals surface area (Å²) in [5.74, 6) is 0. The van der Waals surface area contributed by atoms with Gasteiger partial charge in [0.2, 0.25) is 0 Å². The Kier molecular flexibility index (Phi) is 2.97. The molecule has 0 aliphatic rings. The summed E-state index contributed by atoms with van der Waals surface area (Å²) in [4.78, 5) is 0. The van der Waals surface area contributed by atoms with Crippen LogP contribution in [0.4, 0.5) is 0 Å². The first-order valence-corrected chi connectivity index (χ1v) is 2.64. The molecule has 0 amide bonds. The van der Waals surface area contributed by atoms with E-state index in [9.17, 15) is 0 Å². The van der Waals surface area contributed by atoms with Crippen LogP contribution in [0.15, 0.2) is 0 Å². The van der Waals surface area contributed by atoms with E-state index >= 15 is 0 Å². The Bertz CT molecular complexity index is 55.4. The van der Waals surface area contributed by atoms with Crippen molar-refractivity contribution in [2.75, 3.05) is 21.1 Å². The van der Waals surface area contributed by atoms with E-state index in [0.717, 1.165) is 0 Å². The van der Waals surface area contributed by atoms with Gasteiger partial charge >= 0.3 is 0 Å². The highest BCUT2D eigenvalue weighted by molar-refractivity contribution is 4.39. The predicted octanol–water partition coefficient (Wildman–Crippen LogP) is -0.267. The van der Waals surface area contributed by atoms with Gasteiger partial charge in [0.1, 0.15) is 6.23 Å². The molecule has 0 saturated heterocycles. The lowest BCUT2D eigenvalue weighted by atomic mass is 10.6. The maximum absolute atomic E-state index is 8.88. The van der Waals surface area contributed by atoms with Crippen molar-refractivity contribution in [2.45, 2.75) is 13.2 Å². The fraction of sp³-hybridized carbons (Fsp3) is 1.00. The third kappa shape index (κ3) is 2.26. The number of aliphatic hydroxyl groups excluding tert-OH is 1. The second-order valence-corrected chi connectivity index (χ2v) is 2.05. The molecule has 0 heterocycles. The Labute approximate surface area is 50.5 Å². The highest BCUT2D eigenvalue weighted by Gasteiger charge is 2.04. The van der Waals surface area contributed by atoms with E-state index in [0.29, 0.717) is 0 Å². The zero-order valence-electron chi connectivity index (χ0n) is 5.92. The van der Waals surface area contributed by atoms with Crippen molar-refractivity contribution in [3.8, 4) is 0 Å². The second-order valence-electron chi connectivity index (χ2n) is 2.05. The molecule has 1 unspecified atom stereocenters. The van der Waals surface area contributed by atoms with Gasteiger partial charge in [0, 0.05) is 21.1 Å². The van der Waals surface area contributed by atoms with E-state index in [1.54, 1.807) is 11.9 Å². The zero-order chi connectivity index (χ0) is 6.73. The van der Waals surface area contributed by atoms with E-state index in [-0.39, 0.29) is 0 Å². The summed E-state index contributed by atoms with van der Waals surface area (Å²) in [5.41, 5.74) is 0. The minimum Gasteiger partial charge on any atom is -0.377 e. The SMILES string of the molecule is CC(O)N(C)N(C)C. The molecule has 0 aromatic heterocycles. The van der Waals surface area contributed by atoms with Crippen molar-refractivity contribution in [3.05, 3.63) is 0 Å². The van der Waals surface area contributed by atoms with Crippen LogP contribution in [0.1, 0.15) is 6.92 Å². The van der Waals surface area contributed by atoms with Gasteiger partial charge in [-0.25, -0.2) is 10.0 Å². The Morgan fingerprint density at radius 3 is 1.62 bits per heavy atom. The summed E-state index contributed by atoms with van der Waals surface area (Å²) in [6, 6.07) is 0. The smallest absolute Gasteiger partial charge is 0.116 e. The predicted molar refractivity (Wildman–Crippen MR) is 33.1 cm³/mol. The fourth-order valence-electron chi connectivity index (χ4n) is 0.334. The summed E-state index contributed by atoms with van der Waals surface area (Å²) in [6.45, 7) is 1.72. The van der Waals surface area contributed by atoms with E-state index in [1.165, 1.54) is 0 Å². The van der Waals surface area contributed by atoms with Crippen LogP contribution in [0.3, 0.4) is 0 Å². The standard InChI is InChI=1S/C5H14N2O/c1-5(8)7(4)6(2)3/h5,8H,1-4H3.